The molecule has 0 radical (unpaired) electrons. The Morgan fingerprint density at radius 3 is 2.83 bits per heavy atom. The summed E-state index contributed by atoms with van der Waals surface area (Å²) in [5.41, 5.74) is 0.759. The van der Waals surface area contributed by atoms with Crippen molar-refractivity contribution in [2.75, 3.05) is 33.9 Å². The van der Waals surface area contributed by atoms with Crippen molar-refractivity contribution in [1.29, 1.82) is 0 Å². The second kappa shape index (κ2) is 6.27. The van der Waals surface area contributed by atoms with Crippen LogP contribution in [-0.2, 0) is 4.74 Å². The topological polar surface area (TPSA) is 24.5 Å². The minimum atomic E-state index is -0.132. The maximum absolute atomic E-state index is 13.9. The molecular weight excluding hydrogens is 231 g/mol. The van der Waals surface area contributed by atoms with Crippen LogP contribution in [0.15, 0.2) is 24.3 Å². The minimum Gasteiger partial charge on any atom is -0.379 e. The van der Waals surface area contributed by atoms with Crippen LogP contribution in [0.25, 0.3) is 0 Å². The molecule has 100 valence electrons. The molecule has 1 aliphatic rings. The second-order valence-corrected chi connectivity index (χ2v) is 4.96. The lowest BCUT2D eigenvalue weighted by molar-refractivity contribution is 0.0645. The van der Waals surface area contributed by atoms with Crippen molar-refractivity contribution in [2.45, 2.75) is 18.5 Å². The highest BCUT2D eigenvalue weighted by Gasteiger charge is 2.23. The van der Waals surface area contributed by atoms with Gasteiger partial charge in [-0.3, -0.25) is 0 Å². The summed E-state index contributed by atoms with van der Waals surface area (Å²) in [6.45, 7) is 2.35. The summed E-state index contributed by atoms with van der Waals surface area (Å²) in [5, 5.41) is 3.42. The predicted molar refractivity (Wildman–Crippen MR) is 70.1 cm³/mol. The molecule has 1 aliphatic heterocycles. The third-order valence-corrected chi connectivity index (χ3v) is 3.39. The normalized spacial score (nSPS) is 22.1. The van der Waals surface area contributed by atoms with Crippen LogP contribution in [0.5, 0.6) is 0 Å². The number of nitrogens with one attached hydrogen (secondary N) is 1. The number of nitrogens with zero attached hydrogens (tertiary/aromatic N) is 1. The van der Waals surface area contributed by atoms with Crippen molar-refractivity contribution in [3.05, 3.63) is 35.6 Å². The molecule has 4 heteroatoms. The van der Waals surface area contributed by atoms with E-state index in [0.717, 1.165) is 25.1 Å². The Morgan fingerprint density at radius 2 is 2.22 bits per heavy atom. The van der Waals surface area contributed by atoms with Crippen LogP contribution in [0, 0.1) is 5.82 Å². The van der Waals surface area contributed by atoms with Crippen molar-refractivity contribution in [2.24, 2.45) is 0 Å². The molecule has 0 bridgehead atoms. The van der Waals surface area contributed by atoms with E-state index in [2.05, 4.69) is 10.2 Å². The van der Waals surface area contributed by atoms with Gasteiger partial charge in [0.15, 0.2) is 0 Å². The van der Waals surface area contributed by atoms with Crippen LogP contribution in [0.4, 0.5) is 4.39 Å². The summed E-state index contributed by atoms with van der Waals surface area (Å²) in [5.74, 6) is -0.132. The van der Waals surface area contributed by atoms with Gasteiger partial charge in [-0.2, -0.15) is 0 Å². The standard InChI is InChI=1S/C14H21FN2O/c1-17(2)14(9-11-10-18-8-7-16-11)12-5-3-4-6-13(12)15/h3-6,11,14,16H,7-10H2,1-2H3. The van der Waals surface area contributed by atoms with Crippen molar-refractivity contribution in [1.82, 2.24) is 10.2 Å². The third-order valence-electron chi connectivity index (χ3n) is 3.39. The van der Waals surface area contributed by atoms with Crippen LogP contribution < -0.4 is 5.32 Å². The van der Waals surface area contributed by atoms with E-state index in [1.165, 1.54) is 6.07 Å². The third kappa shape index (κ3) is 3.28. The van der Waals surface area contributed by atoms with Crippen LogP contribution in [-0.4, -0.2) is 44.8 Å². The average molecular weight is 252 g/mol. The molecule has 3 nitrogen and oxygen atoms in total. The number of morpholine rings is 1. The number of rotatable bonds is 4. The number of ether oxygens (including phenoxy) is 1. The molecule has 2 atom stereocenters. The first-order valence-corrected chi connectivity index (χ1v) is 6.40. The summed E-state index contributed by atoms with van der Waals surface area (Å²) >= 11 is 0. The van der Waals surface area contributed by atoms with Gasteiger partial charge < -0.3 is 15.0 Å². The Hall–Kier alpha value is -0.970. The van der Waals surface area contributed by atoms with Gasteiger partial charge in [-0.15, -0.1) is 0 Å². The highest BCUT2D eigenvalue weighted by molar-refractivity contribution is 5.21. The molecule has 1 aromatic carbocycles. The first-order chi connectivity index (χ1) is 8.68. The predicted octanol–water partition coefficient (Wildman–Crippen LogP) is 1.81. The highest BCUT2D eigenvalue weighted by atomic mass is 19.1. The van der Waals surface area contributed by atoms with Gasteiger partial charge in [0, 0.05) is 24.2 Å². The lowest BCUT2D eigenvalue weighted by Gasteiger charge is -2.31. The van der Waals surface area contributed by atoms with Gasteiger partial charge in [0.2, 0.25) is 0 Å². The average Bonchev–Trinajstić information content (AvgIpc) is 2.38. The second-order valence-electron chi connectivity index (χ2n) is 4.96. The Bertz CT molecular complexity index is 378. The molecule has 1 fully saturated rings. The molecule has 2 unspecified atom stereocenters. The maximum atomic E-state index is 13.9. The molecule has 0 saturated carbocycles. The Morgan fingerprint density at radius 1 is 1.44 bits per heavy atom. The van der Waals surface area contributed by atoms with Crippen LogP contribution >= 0.6 is 0 Å². The van der Waals surface area contributed by atoms with E-state index in [0.29, 0.717) is 12.6 Å². The first-order valence-electron chi connectivity index (χ1n) is 6.40. The van der Waals surface area contributed by atoms with E-state index < -0.39 is 0 Å². The molecule has 1 heterocycles. The van der Waals surface area contributed by atoms with Gasteiger partial charge in [0.05, 0.1) is 13.2 Å². The fourth-order valence-corrected chi connectivity index (χ4v) is 2.40. The van der Waals surface area contributed by atoms with Crippen LogP contribution in [0.2, 0.25) is 0 Å². The molecule has 2 rings (SSSR count). The van der Waals surface area contributed by atoms with Gasteiger partial charge in [0.1, 0.15) is 5.82 Å². The van der Waals surface area contributed by atoms with Gasteiger partial charge in [-0.25, -0.2) is 4.39 Å². The van der Waals surface area contributed by atoms with Crippen LogP contribution in [0.1, 0.15) is 18.0 Å². The summed E-state index contributed by atoms with van der Waals surface area (Å²) in [6.07, 6.45) is 0.855. The van der Waals surface area contributed by atoms with E-state index in [1.807, 2.05) is 26.2 Å². The smallest absolute Gasteiger partial charge is 0.127 e. The Balaban J connectivity index is 2.10. The summed E-state index contributed by atoms with van der Waals surface area (Å²) in [7, 11) is 3.97. The van der Waals surface area contributed by atoms with Crippen molar-refractivity contribution < 1.29 is 9.13 Å². The maximum Gasteiger partial charge on any atom is 0.127 e. The number of halogens is 1. The Labute approximate surface area is 108 Å². The van der Waals surface area contributed by atoms with Gasteiger partial charge >= 0.3 is 0 Å². The lowest BCUT2D eigenvalue weighted by atomic mass is 9.97. The van der Waals surface area contributed by atoms with E-state index in [9.17, 15) is 4.39 Å². The number of hydrogen-bond acceptors (Lipinski definition) is 3. The number of benzene rings is 1. The molecule has 1 aromatic rings. The summed E-state index contributed by atoms with van der Waals surface area (Å²) in [4.78, 5) is 2.06. The van der Waals surface area contributed by atoms with Gasteiger partial charge in [0.25, 0.3) is 0 Å². The molecule has 1 N–H and O–H groups in total. The van der Waals surface area contributed by atoms with E-state index in [4.69, 9.17) is 4.74 Å². The van der Waals surface area contributed by atoms with Gasteiger partial charge in [-0.1, -0.05) is 18.2 Å². The largest absolute Gasteiger partial charge is 0.379 e. The van der Waals surface area contributed by atoms with E-state index >= 15 is 0 Å². The first kappa shape index (κ1) is 13.5. The molecule has 0 amide bonds. The minimum absolute atomic E-state index is 0.0744. The van der Waals surface area contributed by atoms with E-state index in [1.54, 1.807) is 6.07 Å². The zero-order valence-corrected chi connectivity index (χ0v) is 11.0. The quantitative estimate of drug-likeness (QED) is 0.884. The molecule has 0 spiro atoms. The zero-order valence-electron chi connectivity index (χ0n) is 11.0. The van der Waals surface area contributed by atoms with Crippen molar-refractivity contribution in [3.63, 3.8) is 0 Å². The molecule has 1 saturated heterocycles. The zero-order chi connectivity index (χ0) is 13.0. The number of hydrogen-bond donors (Lipinski definition) is 1. The fourth-order valence-electron chi connectivity index (χ4n) is 2.40. The molecule has 0 aliphatic carbocycles. The van der Waals surface area contributed by atoms with E-state index in [-0.39, 0.29) is 11.9 Å². The lowest BCUT2D eigenvalue weighted by Crippen LogP contribution is -2.43. The fraction of sp³-hybridized carbons (Fsp3) is 0.571. The summed E-state index contributed by atoms with van der Waals surface area (Å²) < 4.78 is 19.3. The van der Waals surface area contributed by atoms with Crippen molar-refractivity contribution >= 4 is 0 Å². The van der Waals surface area contributed by atoms with Gasteiger partial charge in [-0.05, 0) is 26.6 Å². The summed E-state index contributed by atoms with van der Waals surface area (Å²) in [6, 6.07) is 7.38. The molecule has 18 heavy (non-hydrogen) atoms. The monoisotopic (exact) mass is 252 g/mol. The molecule has 0 aromatic heterocycles. The SMILES string of the molecule is CN(C)C(CC1COCCN1)c1ccccc1F. The Kier molecular flexibility index (Phi) is 4.69. The highest BCUT2D eigenvalue weighted by Crippen LogP contribution is 2.26. The van der Waals surface area contributed by atoms with Crippen LogP contribution in [0.3, 0.4) is 0 Å². The van der Waals surface area contributed by atoms with Crippen molar-refractivity contribution in [3.8, 4) is 0 Å². The molecular formula is C14H21FN2O.